The van der Waals surface area contributed by atoms with E-state index in [9.17, 15) is 4.79 Å². The van der Waals surface area contributed by atoms with Gasteiger partial charge in [-0.2, -0.15) is 9.50 Å². The number of methoxy groups -OCH3 is 2. The maximum absolute atomic E-state index is 12.8. The van der Waals surface area contributed by atoms with E-state index in [0.717, 1.165) is 11.1 Å². The van der Waals surface area contributed by atoms with E-state index in [2.05, 4.69) is 10.1 Å². The summed E-state index contributed by atoms with van der Waals surface area (Å²) in [5.74, 6) is 2.94. The Balaban J connectivity index is 1.41. The molecule has 0 saturated heterocycles. The molecule has 5 aromatic rings. The third kappa shape index (κ3) is 4.33. The summed E-state index contributed by atoms with van der Waals surface area (Å²) in [6.07, 6.45) is 5.28. The summed E-state index contributed by atoms with van der Waals surface area (Å²) in [4.78, 5) is 17.8. The minimum absolute atomic E-state index is 0.251. The van der Waals surface area contributed by atoms with Crippen LogP contribution >= 0.6 is 22.9 Å². The quantitative estimate of drug-likeness (QED) is 0.339. The van der Waals surface area contributed by atoms with Gasteiger partial charge in [0.15, 0.2) is 17.3 Å². The predicted molar refractivity (Wildman–Crippen MR) is 134 cm³/mol. The molecule has 3 aromatic heterocycles. The highest BCUT2D eigenvalue weighted by Crippen LogP contribution is 2.28. The van der Waals surface area contributed by atoms with Crippen molar-refractivity contribution in [3.05, 3.63) is 91.7 Å². The normalized spacial score (nSPS) is 12.1. The van der Waals surface area contributed by atoms with E-state index in [4.69, 9.17) is 25.5 Å². The van der Waals surface area contributed by atoms with Crippen molar-refractivity contribution >= 4 is 46.1 Å². The van der Waals surface area contributed by atoms with Gasteiger partial charge in [-0.1, -0.05) is 47.2 Å². The molecule has 0 atom stereocenters. The lowest BCUT2D eigenvalue weighted by Crippen LogP contribution is -2.23. The minimum Gasteiger partial charge on any atom is -0.493 e. The molecule has 7 nitrogen and oxygen atoms in total. The lowest BCUT2D eigenvalue weighted by Gasteiger charge is -2.07. The highest BCUT2D eigenvalue weighted by Gasteiger charge is 2.11. The van der Waals surface area contributed by atoms with Gasteiger partial charge in [0, 0.05) is 16.7 Å². The van der Waals surface area contributed by atoms with Crippen LogP contribution < -0.4 is 19.6 Å². The molecular weight excluding hydrogens is 474 g/mol. The van der Waals surface area contributed by atoms with E-state index in [1.54, 1.807) is 32.4 Å². The minimum atomic E-state index is -0.251. The zero-order valence-corrected chi connectivity index (χ0v) is 19.8. The second-order valence-electron chi connectivity index (χ2n) is 7.24. The predicted octanol–water partition coefficient (Wildman–Crippen LogP) is 4.80. The first-order chi connectivity index (χ1) is 16.5. The lowest BCUT2D eigenvalue weighted by molar-refractivity contribution is 0.355. The van der Waals surface area contributed by atoms with Crippen molar-refractivity contribution in [3.8, 4) is 22.8 Å². The average Bonchev–Trinajstić information content (AvgIpc) is 3.55. The Morgan fingerprint density at radius 3 is 2.65 bits per heavy atom. The fraction of sp³-hybridized carbons (Fsp3) is 0.0800. The fourth-order valence-electron chi connectivity index (χ4n) is 3.40. The molecule has 0 saturated carbocycles. The molecule has 0 unspecified atom stereocenters. The van der Waals surface area contributed by atoms with Gasteiger partial charge in [-0.3, -0.25) is 4.79 Å². The Morgan fingerprint density at radius 1 is 1.03 bits per heavy atom. The molecular formula is C25H18ClN3O4S. The second kappa shape index (κ2) is 9.17. The number of hydrogen-bond donors (Lipinski definition) is 0. The van der Waals surface area contributed by atoms with E-state index in [0.29, 0.717) is 43.4 Å². The van der Waals surface area contributed by atoms with E-state index in [1.807, 2.05) is 54.6 Å². The molecule has 0 bridgehead atoms. The highest BCUT2D eigenvalue weighted by atomic mass is 35.5. The van der Waals surface area contributed by atoms with Gasteiger partial charge in [0.1, 0.15) is 16.1 Å². The third-order valence-electron chi connectivity index (χ3n) is 5.04. The zero-order valence-electron chi connectivity index (χ0n) is 18.2. The smallest absolute Gasteiger partial charge is 0.291 e. The molecule has 0 spiro atoms. The van der Waals surface area contributed by atoms with Crippen LogP contribution in [0.5, 0.6) is 11.5 Å². The van der Waals surface area contributed by atoms with Crippen molar-refractivity contribution in [2.75, 3.05) is 14.2 Å². The average molecular weight is 492 g/mol. The number of ether oxygens (including phenoxy) is 2. The van der Waals surface area contributed by atoms with Crippen LogP contribution in [0, 0.1) is 0 Å². The van der Waals surface area contributed by atoms with E-state index in [-0.39, 0.29) is 5.56 Å². The topological polar surface area (TPSA) is 78.9 Å². The monoisotopic (exact) mass is 491 g/mol. The standard InChI is InChI=1S/C25H18ClN3O4S/c1-31-20-9-6-15(12-21(20)32-2)7-11-23-27-25-29(28-23)24(30)22(34-25)14-18-8-10-19(33-18)16-4-3-5-17(26)13-16/h3-14H,1-2H3. The number of hydrogen-bond acceptors (Lipinski definition) is 7. The molecule has 0 aliphatic carbocycles. The zero-order chi connectivity index (χ0) is 23.7. The maximum atomic E-state index is 12.8. The van der Waals surface area contributed by atoms with Crippen molar-refractivity contribution in [3.63, 3.8) is 0 Å². The molecule has 3 heterocycles. The molecule has 170 valence electrons. The van der Waals surface area contributed by atoms with E-state index < -0.39 is 0 Å². The molecule has 0 fully saturated rings. The molecule has 0 aliphatic heterocycles. The van der Waals surface area contributed by atoms with Crippen molar-refractivity contribution in [1.29, 1.82) is 0 Å². The Bertz CT molecular complexity index is 1630. The molecule has 9 heteroatoms. The van der Waals surface area contributed by atoms with E-state index >= 15 is 0 Å². The Labute approximate surface area is 203 Å². The van der Waals surface area contributed by atoms with Crippen LogP contribution in [0.4, 0.5) is 0 Å². The van der Waals surface area contributed by atoms with Crippen LogP contribution in [-0.4, -0.2) is 28.8 Å². The Hall–Kier alpha value is -3.88. The van der Waals surface area contributed by atoms with Gasteiger partial charge < -0.3 is 13.9 Å². The van der Waals surface area contributed by atoms with Gasteiger partial charge in [0.2, 0.25) is 4.96 Å². The number of aromatic nitrogens is 3. The van der Waals surface area contributed by atoms with Crippen molar-refractivity contribution < 1.29 is 13.9 Å². The van der Waals surface area contributed by atoms with Gasteiger partial charge in [0.25, 0.3) is 5.56 Å². The Kier molecular flexibility index (Phi) is 5.91. The summed E-state index contributed by atoms with van der Waals surface area (Å²) in [5.41, 5.74) is 1.50. The van der Waals surface area contributed by atoms with Gasteiger partial charge in [0.05, 0.1) is 14.2 Å². The molecule has 34 heavy (non-hydrogen) atoms. The van der Waals surface area contributed by atoms with Crippen molar-refractivity contribution in [2.45, 2.75) is 0 Å². The van der Waals surface area contributed by atoms with Crippen molar-refractivity contribution in [2.24, 2.45) is 0 Å². The highest BCUT2D eigenvalue weighted by molar-refractivity contribution is 7.15. The van der Waals surface area contributed by atoms with E-state index in [1.165, 1.54) is 15.9 Å². The second-order valence-corrected chi connectivity index (χ2v) is 8.69. The lowest BCUT2D eigenvalue weighted by atomic mass is 10.2. The van der Waals surface area contributed by atoms with Crippen LogP contribution in [0.3, 0.4) is 0 Å². The number of rotatable bonds is 6. The number of benzene rings is 2. The number of fused-ring (bicyclic) bond motifs is 1. The van der Waals surface area contributed by atoms with Crippen LogP contribution in [0.1, 0.15) is 17.1 Å². The van der Waals surface area contributed by atoms with Gasteiger partial charge in [-0.15, -0.1) is 5.10 Å². The first kappa shape index (κ1) is 21.9. The number of furan rings is 1. The Morgan fingerprint density at radius 2 is 1.88 bits per heavy atom. The van der Waals surface area contributed by atoms with Gasteiger partial charge >= 0.3 is 0 Å². The molecule has 2 aromatic carbocycles. The molecule has 5 rings (SSSR count). The summed E-state index contributed by atoms with van der Waals surface area (Å²) < 4.78 is 18.2. The van der Waals surface area contributed by atoms with Crippen LogP contribution in [0.15, 0.2) is 63.8 Å². The summed E-state index contributed by atoms with van der Waals surface area (Å²) in [6, 6.07) is 16.6. The fourth-order valence-corrected chi connectivity index (χ4v) is 4.49. The first-order valence-corrected chi connectivity index (χ1v) is 11.4. The largest absolute Gasteiger partial charge is 0.493 e. The molecule has 0 N–H and O–H groups in total. The SMILES string of the molecule is COc1ccc(C=Cc2nc3sc(=Cc4ccc(-c5cccc(Cl)c5)o4)c(=O)n3n2)cc1OC. The molecule has 0 aliphatic rings. The third-order valence-corrected chi connectivity index (χ3v) is 6.23. The van der Waals surface area contributed by atoms with Crippen LogP contribution in [0.25, 0.3) is 34.5 Å². The van der Waals surface area contributed by atoms with Gasteiger partial charge in [-0.05, 0) is 48.0 Å². The molecule has 0 amide bonds. The van der Waals surface area contributed by atoms with Crippen LogP contribution in [-0.2, 0) is 0 Å². The first-order valence-electron chi connectivity index (χ1n) is 10.2. The number of halogens is 1. The summed E-state index contributed by atoms with van der Waals surface area (Å²) >= 11 is 7.31. The number of nitrogens with zero attached hydrogens (tertiary/aromatic N) is 3. The summed E-state index contributed by atoms with van der Waals surface area (Å²) in [5, 5.41) is 4.95. The van der Waals surface area contributed by atoms with Crippen LogP contribution in [0.2, 0.25) is 5.02 Å². The number of thiazole rings is 1. The summed E-state index contributed by atoms with van der Waals surface area (Å²) in [7, 11) is 3.17. The summed E-state index contributed by atoms with van der Waals surface area (Å²) in [6.45, 7) is 0. The molecule has 0 radical (unpaired) electrons. The van der Waals surface area contributed by atoms with Gasteiger partial charge in [-0.25, -0.2) is 0 Å². The van der Waals surface area contributed by atoms with Crippen molar-refractivity contribution in [1.82, 2.24) is 14.6 Å². The maximum Gasteiger partial charge on any atom is 0.291 e.